The lowest BCUT2D eigenvalue weighted by atomic mass is 10.0. The Labute approximate surface area is 272 Å². The zero-order valence-corrected chi connectivity index (χ0v) is 26.4. The van der Waals surface area contributed by atoms with Gasteiger partial charge in [0, 0.05) is 30.1 Å². The van der Waals surface area contributed by atoms with Crippen molar-refractivity contribution >= 4 is 29.6 Å². The minimum atomic E-state index is -1.24. The molecule has 2 aromatic carbocycles. The number of ether oxygens (including phenoxy) is 2. The van der Waals surface area contributed by atoms with Gasteiger partial charge in [0.1, 0.15) is 35.4 Å². The molecular formula is C35H40F2N4O6. The third kappa shape index (κ3) is 6.96. The highest BCUT2D eigenvalue weighted by Crippen LogP contribution is 2.46. The summed E-state index contributed by atoms with van der Waals surface area (Å²) in [5.41, 5.74) is 0.314. The predicted molar refractivity (Wildman–Crippen MR) is 168 cm³/mol. The number of hydrogen-bond donors (Lipinski definition) is 2. The van der Waals surface area contributed by atoms with E-state index in [9.17, 15) is 28.0 Å². The number of benzene rings is 2. The minimum absolute atomic E-state index is 0.00452. The average molecular weight is 651 g/mol. The van der Waals surface area contributed by atoms with E-state index in [4.69, 9.17) is 9.47 Å². The highest BCUT2D eigenvalue weighted by Gasteiger charge is 2.62. The summed E-state index contributed by atoms with van der Waals surface area (Å²) < 4.78 is 39.6. The van der Waals surface area contributed by atoms with Crippen LogP contribution in [0.25, 0.3) is 0 Å². The summed E-state index contributed by atoms with van der Waals surface area (Å²) in [5, 5.41) is 6.08. The topological polar surface area (TPSA) is 117 Å². The molecule has 0 radical (unpaired) electrons. The molecule has 47 heavy (non-hydrogen) atoms. The van der Waals surface area contributed by atoms with Crippen molar-refractivity contribution in [2.45, 2.75) is 88.7 Å². The van der Waals surface area contributed by atoms with Gasteiger partial charge in [-0.25, -0.2) is 18.4 Å². The fourth-order valence-electron chi connectivity index (χ4n) is 6.90. The van der Waals surface area contributed by atoms with Crippen LogP contribution in [0.5, 0.6) is 0 Å². The van der Waals surface area contributed by atoms with E-state index in [1.165, 1.54) is 28.0 Å². The number of esters is 1. The summed E-state index contributed by atoms with van der Waals surface area (Å²) in [6.45, 7) is 2.02. The molecule has 0 unspecified atom stereocenters. The van der Waals surface area contributed by atoms with E-state index in [1.54, 1.807) is 31.2 Å². The third-order valence-electron chi connectivity index (χ3n) is 9.50. The molecule has 0 bridgehead atoms. The number of allylic oxidation sites excluding steroid dienone is 1. The molecule has 2 N–H and O–H groups in total. The van der Waals surface area contributed by atoms with Crippen LogP contribution >= 0.6 is 0 Å². The zero-order valence-electron chi connectivity index (χ0n) is 26.4. The Morgan fingerprint density at radius 1 is 1.09 bits per heavy atom. The highest BCUT2D eigenvalue weighted by molar-refractivity contribution is 5.96. The molecule has 6 rings (SSSR count). The molecule has 2 fully saturated rings. The van der Waals surface area contributed by atoms with Gasteiger partial charge in [-0.15, -0.1) is 0 Å². The van der Waals surface area contributed by atoms with Crippen LogP contribution in [0.1, 0.15) is 63.0 Å². The molecular weight excluding hydrogens is 610 g/mol. The van der Waals surface area contributed by atoms with Crippen molar-refractivity contribution in [2.24, 2.45) is 5.92 Å². The van der Waals surface area contributed by atoms with Gasteiger partial charge in [-0.05, 0) is 62.4 Å². The molecule has 4 aliphatic rings. The maximum atomic E-state index is 14.3. The summed E-state index contributed by atoms with van der Waals surface area (Å²) in [7, 11) is 0. The first-order chi connectivity index (χ1) is 22.7. The summed E-state index contributed by atoms with van der Waals surface area (Å²) in [5.74, 6) is -2.56. The molecule has 3 aliphatic heterocycles. The molecule has 0 aromatic heterocycles. The fraction of sp³-hybridized carbons (Fsp3) is 0.486. The number of rotatable bonds is 5. The number of fused-ring (bicyclic) bond motifs is 3. The van der Waals surface area contributed by atoms with Crippen molar-refractivity contribution in [1.82, 2.24) is 15.1 Å². The lowest BCUT2D eigenvalue weighted by Gasteiger charge is -2.30. The molecule has 5 atom stereocenters. The Kier molecular flexibility index (Phi) is 9.47. The monoisotopic (exact) mass is 650 g/mol. The lowest BCUT2D eigenvalue weighted by molar-refractivity contribution is -0.150. The molecule has 10 nitrogen and oxygen atoms in total. The van der Waals surface area contributed by atoms with Crippen molar-refractivity contribution in [2.75, 3.05) is 18.5 Å². The van der Waals surface area contributed by atoms with Gasteiger partial charge in [-0.2, -0.15) is 0 Å². The summed E-state index contributed by atoms with van der Waals surface area (Å²) in [4.78, 5) is 57.5. The number of halogens is 2. The standard InChI is InChI=1S/C35H40F2N4O6/c1-2-46-33(44)35-18-23(35)11-6-4-3-5-7-15-29(38-25-13-9-12-24(36)16-25)32(43)41-20-26(17-30(41)31(42)39-35)47-34(45)40-19-22-10-8-14-28(37)27(22)21-40/h6,8-14,16,23,26,29-30,38H,2-5,7,15,17-21H2,1H3,(H,39,42)/b11-6-/t23-,26-,29+,30+,35-/m1/s1. The molecule has 1 saturated heterocycles. The van der Waals surface area contributed by atoms with E-state index < -0.39 is 59.2 Å². The molecule has 12 heteroatoms. The Morgan fingerprint density at radius 2 is 1.91 bits per heavy atom. The maximum absolute atomic E-state index is 14.3. The predicted octanol–water partition coefficient (Wildman–Crippen LogP) is 4.83. The summed E-state index contributed by atoms with van der Waals surface area (Å²) >= 11 is 0. The van der Waals surface area contributed by atoms with E-state index in [0.29, 0.717) is 36.1 Å². The van der Waals surface area contributed by atoms with Crippen LogP contribution in [0.15, 0.2) is 54.6 Å². The molecule has 1 aliphatic carbocycles. The van der Waals surface area contributed by atoms with Gasteiger partial charge >= 0.3 is 12.1 Å². The minimum Gasteiger partial charge on any atom is -0.464 e. The van der Waals surface area contributed by atoms with Crippen molar-refractivity contribution < 1.29 is 37.4 Å². The number of anilines is 1. The van der Waals surface area contributed by atoms with Gasteiger partial charge in [0.15, 0.2) is 0 Å². The molecule has 3 amide bonds. The first kappa shape index (κ1) is 32.5. The number of hydrogen-bond acceptors (Lipinski definition) is 7. The Bertz CT molecular complexity index is 1570. The smallest absolute Gasteiger partial charge is 0.410 e. The Balaban J connectivity index is 1.25. The van der Waals surface area contributed by atoms with Gasteiger partial charge in [-0.3, -0.25) is 14.5 Å². The Morgan fingerprint density at radius 3 is 2.70 bits per heavy atom. The van der Waals surface area contributed by atoms with Crippen molar-refractivity contribution in [3.8, 4) is 0 Å². The van der Waals surface area contributed by atoms with E-state index in [2.05, 4.69) is 10.6 Å². The SMILES string of the molecule is CCOC(=O)[C@@]12C[C@H]1/C=C\CCCCC[C@H](Nc1cccc(F)c1)C(=O)N1C[C@H](OC(=O)N3Cc4cccc(F)c4C3)C[C@H]1C(=O)N2. The van der Waals surface area contributed by atoms with E-state index in [-0.39, 0.29) is 38.6 Å². The van der Waals surface area contributed by atoms with Crippen molar-refractivity contribution in [3.63, 3.8) is 0 Å². The van der Waals surface area contributed by atoms with Crippen molar-refractivity contribution in [1.29, 1.82) is 0 Å². The average Bonchev–Trinajstić information content (AvgIpc) is 3.34. The summed E-state index contributed by atoms with van der Waals surface area (Å²) in [6.07, 6.45) is 6.48. The van der Waals surface area contributed by atoms with E-state index >= 15 is 0 Å². The van der Waals surface area contributed by atoms with Gasteiger partial charge in [0.2, 0.25) is 11.8 Å². The van der Waals surface area contributed by atoms with Crippen LogP contribution in [-0.2, 0) is 36.9 Å². The van der Waals surface area contributed by atoms with Gasteiger partial charge in [0.25, 0.3) is 0 Å². The fourth-order valence-corrected chi connectivity index (χ4v) is 6.90. The molecule has 0 spiro atoms. The highest BCUT2D eigenvalue weighted by atomic mass is 19.1. The normalized spacial score (nSPS) is 28.1. The molecule has 250 valence electrons. The van der Waals surface area contributed by atoms with Gasteiger partial charge in [-0.1, -0.05) is 43.2 Å². The first-order valence-electron chi connectivity index (χ1n) is 16.4. The van der Waals surface area contributed by atoms with E-state index in [1.807, 2.05) is 12.2 Å². The molecule has 1 saturated carbocycles. The number of nitrogens with zero attached hydrogens (tertiary/aromatic N) is 2. The second-order valence-corrected chi connectivity index (χ2v) is 12.7. The maximum Gasteiger partial charge on any atom is 0.410 e. The van der Waals surface area contributed by atoms with Crippen LogP contribution in [0.4, 0.5) is 19.3 Å². The number of nitrogens with one attached hydrogen (secondary N) is 2. The number of carbonyl (C=O) groups is 4. The zero-order chi connectivity index (χ0) is 33.1. The van der Waals surface area contributed by atoms with Crippen LogP contribution < -0.4 is 10.6 Å². The largest absolute Gasteiger partial charge is 0.464 e. The molecule has 3 heterocycles. The van der Waals surface area contributed by atoms with Gasteiger partial charge in [0.05, 0.1) is 19.7 Å². The quantitative estimate of drug-likeness (QED) is 0.352. The number of carbonyl (C=O) groups excluding carboxylic acids is 4. The second-order valence-electron chi connectivity index (χ2n) is 12.7. The summed E-state index contributed by atoms with van der Waals surface area (Å²) in [6, 6.07) is 8.69. The van der Waals surface area contributed by atoms with Crippen LogP contribution in [0, 0.1) is 17.6 Å². The Hall–Kier alpha value is -4.48. The van der Waals surface area contributed by atoms with E-state index in [0.717, 1.165) is 19.3 Å². The third-order valence-corrected chi connectivity index (χ3v) is 9.50. The van der Waals surface area contributed by atoms with Crippen LogP contribution in [0.3, 0.4) is 0 Å². The molecule has 2 aromatic rings. The van der Waals surface area contributed by atoms with Crippen molar-refractivity contribution in [3.05, 3.63) is 77.4 Å². The lowest BCUT2D eigenvalue weighted by Crippen LogP contribution is -2.55. The van der Waals surface area contributed by atoms with Crippen LogP contribution in [0.2, 0.25) is 0 Å². The second kappa shape index (κ2) is 13.7. The van der Waals surface area contributed by atoms with Crippen LogP contribution in [-0.4, -0.2) is 70.6 Å². The number of amides is 3. The van der Waals surface area contributed by atoms with Gasteiger partial charge < -0.3 is 25.0 Å². The first-order valence-corrected chi connectivity index (χ1v) is 16.4.